The molecule has 1 aromatic heterocycles. The van der Waals surface area contributed by atoms with Gasteiger partial charge in [0.1, 0.15) is 28.6 Å². The van der Waals surface area contributed by atoms with E-state index in [2.05, 4.69) is 5.32 Å². The lowest BCUT2D eigenvalue weighted by atomic mass is 10.2. The average Bonchev–Trinajstić information content (AvgIpc) is 2.94. The zero-order valence-electron chi connectivity index (χ0n) is 21.5. The van der Waals surface area contributed by atoms with Crippen LogP contribution in [0.25, 0.3) is 11.0 Å². The molecule has 0 aliphatic carbocycles. The molecule has 7 nitrogen and oxygen atoms in total. The third-order valence-electron chi connectivity index (χ3n) is 5.78. The van der Waals surface area contributed by atoms with Gasteiger partial charge in [-0.3, -0.25) is 9.59 Å². The van der Waals surface area contributed by atoms with Gasteiger partial charge in [-0.15, -0.1) is 0 Å². The molecule has 0 unspecified atom stereocenters. The van der Waals surface area contributed by atoms with Crippen molar-refractivity contribution in [1.29, 1.82) is 0 Å². The van der Waals surface area contributed by atoms with Crippen LogP contribution in [-0.2, 0) is 11.0 Å². The van der Waals surface area contributed by atoms with Gasteiger partial charge in [0, 0.05) is 11.8 Å². The van der Waals surface area contributed by atoms with E-state index in [4.69, 9.17) is 18.6 Å². The van der Waals surface area contributed by atoms with Gasteiger partial charge in [0.25, 0.3) is 11.7 Å². The van der Waals surface area contributed by atoms with Crippen LogP contribution in [0.3, 0.4) is 0 Å². The summed E-state index contributed by atoms with van der Waals surface area (Å²) in [6.45, 7) is 1.29. The molecular formula is C31H22F3NO6. The van der Waals surface area contributed by atoms with Crippen molar-refractivity contribution in [2.24, 2.45) is 0 Å². The first-order valence-corrected chi connectivity index (χ1v) is 12.3. The number of nitrogens with one attached hydrogen (secondary N) is 1. The highest BCUT2D eigenvalue weighted by atomic mass is 19.4. The molecule has 1 amide bonds. The normalized spacial score (nSPS) is 11.2. The highest BCUT2D eigenvalue weighted by molar-refractivity contribution is 5.92. The van der Waals surface area contributed by atoms with E-state index in [1.807, 2.05) is 30.3 Å². The summed E-state index contributed by atoms with van der Waals surface area (Å²) in [5, 5.41) is 2.51. The number of aryl methyl sites for hydroxylation is 1. The first kappa shape index (κ1) is 27.3. The van der Waals surface area contributed by atoms with Crippen molar-refractivity contribution >= 4 is 22.6 Å². The Labute approximate surface area is 231 Å². The predicted molar refractivity (Wildman–Crippen MR) is 146 cm³/mol. The van der Waals surface area contributed by atoms with Crippen LogP contribution in [0.2, 0.25) is 0 Å². The lowest BCUT2D eigenvalue weighted by Gasteiger charge is -2.14. The molecule has 0 fully saturated rings. The number of carbonyl (C=O) groups excluding carboxylic acids is 1. The summed E-state index contributed by atoms with van der Waals surface area (Å²) >= 11 is 0. The first-order valence-electron chi connectivity index (χ1n) is 12.3. The maximum atomic E-state index is 13.8. The number of fused-ring (bicyclic) bond motifs is 1. The van der Waals surface area contributed by atoms with Crippen molar-refractivity contribution in [2.45, 2.75) is 13.1 Å². The van der Waals surface area contributed by atoms with Gasteiger partial charge in [-0.2, -0.15) is 13.2 Å². The fourth-order valence-electron chi connectivity index (χ4n) is 3.90. The zero-order valence-corrected chi connectivity index (χ0v) is 21.5. The van der Waals surface area contributed by atoms with Crippen molar-refractivity contribution in [3.63, 3.8) is 0 Å². The molecule has 5 rings (SSSR count). The monoisotopic (exact) mass is 561 g/mol. The van der Waals surface area contributed by atoms with Gasteiger partial charge in [-0.1, -0.05) is 30.3 Å². The van der Waals surface area contributed by atoms with Crippen molar-refractivity contribution in [1.82, 2.24) is 0 Å². The van der Waals surface area contributed by atoms with E-state index in [-0.39, 0.29) is 22.5 Å². The van der Waals surface area contributed by atoms with Crippen LogP contribution < -0.4 is 25.0 Å². The first-order chi connectivity index (χ1) is 19.7. The van der Waals surface area contributed by atoms with E-state index in [1.54, 1.807) is 43.3 Å². The summed E-state index contributed by atoms with van der Waals surface area (Å²) in [4.78, 5) is 25.4. The molecule has 0 saturated carbocycles. The summed E-state index contributed by atoms with van der Waals surface area (Å²) in [7, 11) is 0. The lowest BCUT2D eigenvalue weighted by Crippen LogP contribution is -2.20. The van der Waals surface area contributed by atoms with Gasteiger partial charge >= 0.3 is 6.18 Å². The fraction of sp³-hybridized carbons (Fsp3) is 0.0968. The van der Waals surface area contributed by atoms with Crippen molar-refractivity contribution in [3.05, 3.63) is 119 Å². The lowest BCUT2D eigenvalue weighted by molar-refractivity contribution is -0.154. The number of ether oxygens (including phenoxy) is 3. The van der Waals surface area contributed by atoms with Gasteiger partial charge in [-0.05, 0) is 73.2 Å². The van der Waals surface area contributed by atoms with E-state index in [0.717, 1.165) is 11.6 Å². The number of amides is 1. The Morgan fingerprint density at radius 3 is 2.20 bits per heavy atom. The third-order valence-corrected chi connectivity index (χ3v) is 5.78. The topological polar surface area (TPSA) is 87.0 Å². The minimum atomic E-state index is -5.01. The number of rotatable bonds is 8. The second-order valence-corrected chi connectivity index (χ2v) is 8.94. The Kier molecular flexibility index (Phi) is 7.64. The SMILES string of the molecule is Cc1cccc(Oc2c(C(F)(F)F)oc3cc(OCC(=O)Nc4ccc(Oc5ccccc5)cc4)ccc3c2=O)c1. The van der Waals surface area contributed by atoms with Crippen LogP contribution >= 0.6 is 0 Å². The molecule has 0 spiro atoms. The van der Waals surface area contributed by atoms with Gasteiger partial charge < -0.3 is 23.9 Å². The maximum absolute atomic E-state index is 13.8. The second kappa shape index (κ2) is 11.5. The summed E-state index contributed by atoms with van der Waals surface area (Å²) in [5.41, 5.74) is -0.143. The predicted octanol–water partition coefficient (Wildman–Crippen LogP) is 7.72. The molecule has 0 saturated heterocycles. The Morgan fingerprint density at radius 2 is 1.49 bits per heavy atom. The number of hydrogen-bond acceptors (Lipinski definition) is 6. The van der Waals surface area contributed by atoms with Crippen molar-refractivity contribution in [2.75, 3.05) is 11.9 Å². The largest absolute Gasteiger partial charge is 0.484 e. The molecule has 0 atom stereocenters. The van der Waals surface area contributed by atoms with E-state index >= 15 is 0 Å². The van der Waals surface area contributed by atoms with Gasteiger partial charge in [0.05, 0.1) is 5.39 Å². The van der Waals surface area contributed by atoms with Crippen LogP contribution in [0.4, 0.5) is 18.9 Å². The van der Waals surface area contributed by atoms with E-state index < -0.39 is 35.6 Å². The van der Waals surface area contributed by atoms with E-state index in [9.17, 15) is 22.8 Å². The number of anilines is 1. The van der Waals surface area contributed by atoms with Crippen LogP contribution in [-0.4, -0.2) is 12.5 Å². The Bertz CT molecular complexity index is 1750. The fourth-order valence-corrected chi connectivity index (χ4v) is 3.90. The highest BCUT2D eigenvalue weighted by Gasteiger charge is 2.40. The zero-order chi connectivity index (χ0) is 29.0. The molecule has 10 heteroatoms. The number of hydrogen-bond donors (Lipinski definition) is 1. The summed E-state index contributed by atoms with van der Waals surface area (Å²) in [6.07, 6.45) is -5.01. The average molecular weight is 562 g/mol. The minimum Gasteiger partial charge on any atom is -0.484 e. The summed E-state index contributed by atoms with van der Waals surface area (Å²) in [6, 6.07) is 25.8. The molecule has 208 valence electrons. The Balaban J connectivity index is 1.29. The van der Waals surface area contributed by atoms with Crippen LogP contribution in [0.15, 0.2) is 106 Å². The summed E-state index contributed by atoms with van der Waals surface area (Å²) in [5.74, 6) is -1.72. The van der Waals surface area contributed by atoms with Crippen molar-refractivity contribution < 1.29 is 36.6 Å². The smallest absolute Gasteiger partial charge is 0.453 e. The van der Waals surface area contributed by atoms with Crippen LogP contribution in [0, 0.1) is 6.92 Å². The number of carbonyl (C=O) groups is 1. The van der Waals surface area contributed by atoms with Crippen molar-refractivity contribution in [3.8, 4) is 28.7 Å². The molecule has 0 bridgehead atoms. The molecule has 0 aliphatic heterocycles. The van der Waals surface area contributed by atoms with E-state index in [1.165, 1.54) is 24.3 Å². The molecule has 1 heterocycles. The van der Waals surface area contributed by atoms with Gasteiger partial charge in [-0.25, -0.2) is 0 Å². The second-order valence-electron chi connectivity index (χ2n) is 8.94. The number of benzene rings is 4. The molecule has 4 aromatic carbocycles. The van der Waals surface area contributed by atoms with Crippen LogP contribution in [0.5, 0.6) is 28.7 Å². The third kappa shape index (κ3) is 6.67. The number of alkyl halides is 3. The number of halogens is 3. The number of para-hydroxylation sites is 1. The highest BCUT2D eigenvalue weighted by Crippen LogP contribution is 2.38. The van der Waals surface area contributed by atoms with Gasteiger partial charge in [0.15, 0.2) is 6.61 Å². The Morgan fingerprint density at radius 1 is 0.805 bits per heavy atom. The molecule has 1 N–H and O–H groups in total. The summed E-state index contributed by atoms with van der Waals surface area (Å²) < 4.78 is 63.1. The molecular weight excluding hydrogens is 539 g/mol. The molecule has 0 aliphatic rings. The maximum Gasteiger partial charge on any atom is 0.453 e. The van der Waals surface area contributed by atoms with E-state index in [0.29, 0.717) is 17.2 Å². The standard InChI is InChI=1S/C31H22F3NO6/c1-19-6-5-9-24(16-19)40-29-28(37)25-15-14-23(17-26(25)41-30(29)31(32,33)34)38-18-27(36)35-20-10-12-22(13-11-20)39-21-7-3-2-4-8-21/h2-17H,18H2,1H3,(H,35,36). The molecule has 0 radical (unpaired) electrons. The molecule has 5 aromatic rings. The Hall–Kier alpha value is -5.25. The van der Waals surface area contributed by atoms with Gasteiger partial charge in [0.2, 0.25) is 11.2 Å². The minimum absolute atomic E-state index is 0.0305. The van der Waals surface area contributed by atoms with Crippen LogP contribution in [0.1, 0.15) is 11.3 Å². The molecule has 41 heavy (non-hydrogen) atoms. The quantitative estimate of drug-likeness (QED) is 0.209.